The van der Waals surface area contributed by atoms with Gasteiger partial charge in [-0.3, -0.25) is 4.79 Å². The number of ketones is 1. The van der Waals surface area contributed by atoms with Gasteiger partial charge in [0.05, 0.1) is 12.4 Å². The average Bonchev–Trinajstić information content (AvgIpc) is 2.87. The standard InChI is InChI=1S/C8H8N2O/c11-8(6-1-2-6)7-3-4-9-10-5-7/h3-6H,1-2H2. The van der Waals surface area contributed by atoms with Crippen molar-refractivity contribution in [2.75, 3.05) is 0 Å². The zero-order chi connectivity index (χ0) is 7.68. The summed E-state index contributed by atoms with van der Waals surface area (Å²) in [4.78, 5) is 11.3. The molecular weight excluding hydrogens is 140 g/mol. The molecule has 1 aromatic rings. The lowest BCUT2D eigenvalue weighted by atomic mass is 10.1. The molecule has 1 aliphatic carbocycles. The second kappa shape index (κ2) is 2.42. The molecule has 0 aromatic carbocycles. The smallest absolute Gasteiger partial charge is 0.167 e. The van der Waals surface area contributed by atoms with Gasteiger partial charge in [-0.05, 0) is 18.9 Å². The molecule has 0 N–H and O–H groups in total. The summed E-state index contributed by atoms with van der Waals surface area (Å²) in [5.74, 6) is 0.499. The fraction of sp³-hybridized carbons (Fsp3) is 0.375. The molecule has 0 amide bonds. The van der Waals surface area contributed by atoms with Gasteiger partial charge in [0.2, 0.25) is 0 Å². The molecule has 1 aromatic heterocycles. The van der Waals surface area contributed by atoms with Crippen molar-refractivity contribution in [3.8, 4) is 0 Å². The van der Waals surface area contributed by atoms with Crippen LogP contribution in [0.2, 0.25) is 0 Å². The predicted molar refractivity (Wildman–Crippen MR) is 39.1 cm³/mol. The monoisotopic (exact) mass is 148 g/mol. The molecular formula is C8H8N2O. The maximum absolute atomic E-state index is 11.3. The first-order valence-corrected chi connectivity index (χ1v) is 3.69. The van der Waals surface area contributed by atoms with E-state index in [0.29, 0.717) is 5.56 Å². The van der Waals surface area contributed by atoms with Gasteiger partial charge >= 0.3 is 0 Å². The van der Waals surface area contributed by atoms with E-state index in [1.54, 1.807) is 12.3 Å². The summed E-state index contributed by atoms with van der Waals surface area (Å²) in [7, 11) is 0. The van der Waals surface area contributed by atoms with E-state index in [-0.39, 0.29) is 11.7 Å². The second-order valence-electron chi connectivity index (χ2n) is 2.77. The minimum Gasteiger partial charge on any atom is -0.294 e. The number of rotatable bonds is 2. The second-order valence-corrected chi connectivity index (χ2v) is 2.77. The quantitative estimate of drug-likeness (QED) is 0.589. The van der Waals surface area contributed by atoms with Crippen molar-refractivity contribution in [3.63, 3.8) is 0 Å². The first-order chi connectivity index (χ1) is 5.38. The van der Waals surface area contributed by atoms with Crippen LogP contribution in [0, 0.1) is 5.92 Å². The van der Waals surface area contributed by atoms with E-state index in [9.17, 15) is 4.79 Å². The van der Waals surface area contributed by atoms with Gasteiger partial charge in [-0.1, -0.05) is 0 Å². The van der Waals surface area contributed by atoms with Crippen LogP contribution in [0.15, 0.2) is 18.5 Å². The van der Waals surface area contributed by atoms with Gasteiger partial charge in [-0.25, -0.2) is 0 Å². The summed E-state index contributed by atoms with van der Waals surface area (Å²) in [5, 5.41) is 7.25. The van der Waals surface area contributed by atoms with Gasteiger partial charge in [0.15, 0.2) is 5.78 Å². The Balaban J connectivity index is 2.22. The summed E-state index contributed by atoms with van der Waals surface area (Å²) in [6, 6.07) is 1.72. The predicted octanol–water partition coefficient (Wildman–Crippen LogP) is 1.07. The average molecular weight is 148 g/mol. The minimum absolute atomic E-state index is 0.222. The Morgan fingerprint density at radius 3 is 2.82 bits per heavy atom. The molecule has 1 saturated carbocycles. The van der Waals surface area contributed by atoms with Crippen molar-refractivity contribution in [3.05, 3.63) is 24.0 Å². The van der Waals surface area contributed by atoms with E-state index in [1.807, 2.05) is 0 Å². The highest BCUT2D eigenvalue weighted by atomic mass is 16.1. The zero-order valence-corrected chi connectivity index (χ0v) is 6.03. The van der Waals surface area contributed by atoms with Crippen LogP contribution in [0.25, 0.3) is 0 Å². The number of Topliss-reactive ketones (excluding diaryl/α,β-unsaturated/α-hetero) is 1. The first kappa shape index (κ1) is 6.46. The first-order valence-electron chi connectivity index (χ1n) is 3.69. The summed E-state index contributed by atoms with van der Waals surface area (Å²) < 4.78 is 0. The third-order valence-corrected chi connectivity index (χ3v) is 1.82. The highest BCUT2D eigenvalue weighted by molar-refractivity contribution is 5.98. The number of carbonyl (C=O) groups is 1. The molecule has 0 aliphatic heterocycles. The van der Waals surface area contributed by atoms with Gasteiger partial charge < -0.3 is 0 Å². The van der Waals surface area contributed by atoms with Crippen LogP contribution < -0.4 is 0 Å². The summed E-state index contributed by atoms with van der Waals surface area (Å²) in [6.45, 7) is 0. The minimum atomic E-state index is 0.222. The number of carbonyl (C=O) groups excluding carboxylic acids is 1. The maximum atomic E-state index is 11.3. The van der Waals surface area contributed by atoms with Crippen LogP contribution in [-0.2, 0) is 0 Å². The number of hydrogen-bond acceptors (Lipinski definition) is 3. The highest BCUT2D eigenvalue weighted by Crippen LogP contribution is 2.32. The normalized spacial score (nSPS) is 16.4. The van der Waals surface area contributed by atoms with E-state index >= 15 is 0 Å². The zero-order valence-electron chi connectivity index (χ0n) is 6.03. The van der Waals surface area contributed by atoms with E-state index in [1.165, 1.54) is 6.20 Å². The summed E-state index contributed by atoms with van der Waals surface area (Å²) in [5.41, 5.74) is 0.697. The Bertz CT molecular complexity index is 267. The lowest BCUT2D eigenvalue weighted by Gasteiger charge is -1.93. The molecule has 0 radical (unpaired) electrons. The molecule has 1 fully saturated rings. The fourth-order valence-corrected chi connectivity index (χ4v) is 1.02. The van der Waals surface area contributed by atoms with Crippen LogP contribution in [0.3, 0.4) is 0 Å². The molecule has 0 atom stereocenters. The molecule has 2 rings (SSSR count). The van der Waals surface area contributed by atoms with E-state index in [4.69, 9.17) is 0 Å². The lowest BCUT2D eigenvalue weighted by Crippen LogP contribution is -2.01. The third kappa shape index (κ3) is 1.27. The SMILES string of the molecule is O=C(c1ccnnc1)C1CC1. The molecule has 3 nitrogen and oxygen atoms in total. The van der Waals surface area contributed by atoms with Crippen LogP contribution in [0.5, 0.6) is 0 Å². The molecule has 1 aliphatic rings. The van der Waals surface area contributed by atoms with E-state index < -0.39 is 0 Å². The molecule has 1 heterocycles. The molecule has 11 heavy (non-hydrogen) atoms. The number of aromatic nitrogens is 2. The summed E-state index contributed by atoms with van der Waals surface area (Å²) in [6.07, 6.45) is 5.17. The molecule has 3 heteroatoms. The Hall–Kier alpha value is -1.25. The van der Waals surface area contributed by atoms with Crippen LogP contribution in [0.1, 0.15) is 23.2 Å². The van der Waals surface area contributed by atoms with Crippen molar-refractivity contribution in [1.82, 2.24) is 10.2 Å². The Morgan fingerprint density at radius 1 is 1.45 bits per heavy atom. The van der Waals surface area contributed by atoms with Gasteiger partial charge in [-0.15, -0.1) is 0 Å². The maximum Gasteiger partial charge on any atom is 0.167 e. The largest absolute Gasteiger partial charge is 0.294 e. The van der Waals surface area contributed by atoms with Gasteiger partial charge in [0.25, 0.3) is 0 Å². The van der Waals surface area contributed by atoms with Crippen LogP contribution in [0.4, 0.5) is 0 Å². The van der Waals surface area contributed by atoms with Crippen molar-refractivity contribution < 1.29 is 4.79 Å². The van der Waals surface area contributed by atoms with Crippen molar-refractivity contribution in [2.24, 2.45) is 5.92 Å². The molecule has 0 spiro atoms. The Morgan fingerprint density at radius 2 is 2.27 bits per heavy atom. The van der Waals surface area contributed by atoms with E-state index in [2.05, 4.69) is 10.2 Å². The molecule has 0 unspecified atom stereocenters. The molecule has 0 bridgehead atoms. The molecule has 56 valence electrons. The fourth-order valence-electron chi connectivity index (χ4n) is 1.02. The highest BCUT2D eigenvalue weighted by Gasteiger charge is 2.30. The lowest BCUT2D eigenvalue weighted by molar-refractivity contribution is 0.0967. The topological polar surface area (TPSA) is 42.9 Å². The van der Waals surface area contributed by atoms with E-state index in [0.717, 1.165) is 12.8 Å². The molecule has 0 saturated heterocycles. The number of hydrogen-bond donors (Lipinski definition) is 0. The Labute approximate surface area is 64.5 Å². The summed E-state index contributed by atoms with van der Waals surface area (Å²) >= 11 is 0. The van der Waals surface area contributed by atoms with Crippen LogP contribution in [-0.4, -0.2) is 16.0 Å². The van der Waals surface area contributed by atoms with Crippen molar-refractivity contribution in [2.45, 2.75) is 12.8 Å². The van der Waals surface area contributed by atoms with Gasteiger partial charge in [0.1, 0.15) is 0 Å². The van der Waals surface area contributed by atoms with Gasteiger partial charge in [-0.2, -0.15) is 10.2 Å². The van der Waals surface area contributed by atoms with Crippen molar-refractivity contribution in [1.29, 1.82) is 0 Å². The van der Waals surface area contributed by atoms with Crippen LogP contribution >= 0.6 is 0 Å². The Kier molecular flexibility index (Phi) is 1.42. The van der Waals surface area contributed by atoms with Gasteiger partial charge in [0, 0.05) is 11.5 Å². The third-order valence-electron chi connectivity index (χ3n) is 1.82. The van der Waals surface area contributed by atoms with Crippen molar-refractivity contribution >= 4 is 5.78 Å². The number of nitrogens with zero attached hydrogens (tertiary/aromatic N) is 2.